The van der Waals surface area contributed by atoms with Crippen molar-refractivity contribution in [3.8, 4) is 0 Å². The lowest BCUT2D eigenvalue weighted by molar-refractivity contribution is -0.144. The van der Waals surface area contributed by atoms with E-state index in [2.05, 4.69) is 4.98 Å². The number of benzene rings is 1. The zero-order valence-electron chi connectivity index (χ0n) is 13.5. The van der Waals surface area contributed by atoms with Crippen LogP contribution in [0.15, 0.2) is 35.1 Å². The molecule has 0 aliphatic rings. The highest BCUT2D eigenvalue weighted by Gasteiger charge is 2.14. The molecule has 2 aromatic rings. The summed E-state index contributed by atoms with van der Waals surface area (Å²) in [5.41, 5.74) is 1.27. The van der Waals surface area contributed by atoms with Crippen molar-refractivity contribution in [1.82, 2.24) is 9.88 Å². The summed E-state index contributed by atoms with van der Waals surface area (Å²) in [6, 6.07) is 9.47. The summed E-state index contributed by atoms with van der Waals surface area (Å²) in [4.78, 5) is 28.7. The lowest BCUT2D eigenvalue weighted by Gasteiger charge is -2.20. The fraction of sp³-hybridized carbons (Fsp3) is 0.412. The van der Waals surface area contributed by atoms with Crippen LogP contribution < -0.4 is 5.56 Å². The number of hydrogen-bond acceptors (Lipinski definition) is 5. The van der Waals surface area contributed by atoms with E-state index < -0.39 is 0 Å². The summed E-state index contributed by atoms with van der Waals surface area (Å²) in [6.45, 7) is 3.62. The Morgan fingerprint density at radius 3 is 2.83 bits per heavy atom. The van der Waals surface area contributed by atoms with Crippen molar-refractivity contribution in [2.75, 3.05) is 33.4 Å². The fourth-order valence-corrected chi connectivity index (χ4v) is 2.37. The molecule has 1 heterocycles. The number of carbonyl (C=O) groups excluding carboxylic acids is 1. The number of aromatic amines is 1. The van der Waals surface area contributed by atoms with Gasteiger partial charge in [-0.15, -0.1) is 0 Å². The number of methoxy groups -OCH3 is 1. The van der Waals surface area contributed by atoms with Gasteiger partial charge < -0.3 is 14.5 Å². The first kappa shape index (κ1) is 17.2. The average molecular weight is 318 g/mol. The second-order valence-electron chi connectivity index (χ2n) is 5.22. The van der Waals surface area contributed by atoms with E-state index in [4.69, 9.17) is 9.47 Å². The molecule has 23 heavy (non-hydrogen) atoms. The maximum atomic E-state index is 12.2. The topological polar surface area (TPSA) is 71.6 Å². The van der Waals surface area contributed by atoms with Gasteiger partial charge >= 0.3 is 5.97 Å². The van der Waals surface area contributed by atoms with Crippen LogP contribution in [0.4, 0.5) is 0 Å². The number of para-hydroxylation sites is 1. The molecule has 0 fully saturated rings. The number of hydrogen-bond donors (Lipinski definition) is 1. The second kappa shape index (κ2) is 8.45. The molecule has 0 amide bonds. The van der Waals surface area contributed by atoms with Crippen molar-refractivity contribution < 1.29 is 14.3 Å². The molecule has 0 atom stereocenters. The molecule has 2 rings (SSSR count). The molecule has 0 spiro atoms. The number of rotatable bonds is 8. The van der Waals surface area contributed by atoms with E-state index in [9.17, 15) is 9.59 Å². The Morgan fingerprint density at radius 2 is 2.09 bits per heavy atom. The lowest BCUT2D eigenvalue weighted by atomic mass is 10.1. The molecule has 6 heteroatoms. The third kappa shape index (κ3) is 4.91. The third-order valence-electron chi connectivity index (χ3n) is 3.49. The van der Waals surface area contributed by atoms with Gasteiger partial charge in [-0.3, -0.25) is 14.5 Å². The zero-order chi connectivity index (χ0) is 16.7. The van der Waals surface area contributed by atoms with Crippen molar-refractivity contribution in [3.05, 3.63) is 46.2 Å². The Bertz CT molecular complexity index is 711. The Hall–Kier alpha value is -2.18. The number of nitrogens with zero attached hydrogens (tertiary/aromatic N) is 1. The number of aromatic nitrogens is 1. The fourth-order valence-electron chi connectivity index (χ4n) is 2.37. The van der Waals surface area contributed by atoms with Gasteiger partial charge in [-0.25, -0.2) is 0 Å². The first-order valence-electron chi connectivity index (χ1n) is 7.62. The van der Waals surface area contributed by atoms with Crippen LogP contribution in [-0.2, 0) is 20.8 Å². The first-order chi connectivity index (χ1) is 11.1. The maximum Gasteiger partial charge on any atom is 0.320 e. The Balaban J connectivity index is 2.18. The van der Waals surface area contributed by atoms with Gasteiger partial charge in [0, 0.05) is 31.3 Å². The minimum Gasteiger partial charge on any atom is -0.465 e. The average Bonchev–Trinajstić information content (AvgIpc) is 2.53. The van der Waals surface area contributed by atoms with E-state index in [1.165, 1.54) is 0 Å². The molecule has 1 N–H and O–H groups in total. The standard InChI is InChI=1S/C17H22N2O4/c1-3-23-16(20)12-19(8-9-22-2)11-14-10-13-6-4-5-7-15(13)18-17(14)21/h4-7,10H,3,8-9,11-12H2,1-2H3,(H,18,21). The van der Waals surface area contributed by atoms with Gasteiger partial charge in [0.05, 0.1) is 19.8 Å². The van der Waals surface area contributed by atoms with Crippen LogP contribution in [0.25, 0.3) is 10.9 Å². The molecule has 124 valence electrons. The summed E-state index contributed by atoms with van der Waals surface area (Å²) in [6.07, 6.45) is 0. The summed E-state index contributed by atoms with van der Waals surface area (Å²) >= 11 is 0. The van der Waals surface area contributed by atoms with Gasteiger partial charge in [-0.05, 0) is 24.4 Å². The van der Waals surface area contributed by atoms with Crippen LogP contribution in [0.5, 0.6) is 0 Å². The number of esters is 1. The van der Waals surface area contributed by atoms with Crippen LogP contribution in [-0.4, -0.2) is 49.3 Å². The summed E-state index contributed by atoms with van der Waals surface area (Å²) < 4.78 is 10.1. The van der Waals surface area contributed by atoms with Crippen molar-refractivity contribution >= 4 is 16.9 Å². The number of H-pyrrole nitrogens is 1. The monoisotopic (exact) mass is 318 g/mol. The SMILES string of the molecule is CCOC(=O)CN(CCOC)Cc1cc2ccccc2[nH]c1=O. The normalized spacial score (nSPS) is 11.1. The Kier molecular flexibility index (Phi) is 6.31. The maximum absolute atomic E-state index is 12.2. The molecular formula is C17H22N2O4. The molecule has 1 aromatic carbocycles. The largest absolute Gasteiger partial charge is 0.465 e. The van der Waals surface area contributed by atoms with Gasteiger partial charge in [0.25, 0.3) is 5.56 Å². The summed E-state index contributed by atoms with van der Waals surface area (Å²) in [5, 5.41) is 0.963. The Labute approximate surface area is 135 Å². The van der Waals surface area contributed by atoms with Gasteiger partial charge in [-0.1, -0.05) is 18.2 Å². The molecule has 6 nitrogen and oxygen atoms in total. The van der Waals surface area contributed by atoms with Crippen molar-refractivity contribution in [2.45, 2.75) is 13.5 Å². The molecule has 0 radical (unpaired) electrons. The highest BCUT2D eigenvalue weighted by atomic mass is 16.5. The van der Waals surface area contributed by atoms with Crippen molar-refractivity contribution in [1.29, 1.82) is 0 Å². The summed E-state index contributed by atoms with van der Waals surface area (Å²) in [5.74, 6) is -0.305. The van der Waals surface area contributed by atoms with Gasteiger partial charge in [-0.2, -0.15) is 0 Å². The predicted octanol–water partition coefficient (Wildman–Crippen LogP) is 1.54. The highest BCUT2D eigenvalue weighted by Crippen LogP contribution is 2.11. The van der Waals surface area contributed by atoms with Crippen LogP contribution in [0.2, 0.25) is 0 Å². The molecule has 1 aromatic heterocycles. The van der Waals surface area contributed by atoms with Crippen molar-refractivity contribution in [3.63, 3.8) is 0 Å². The lowest BCUT2D eigenvalue weighted by Crippen LogP contribution is -2.35. The Morgan fingerprint density at radius 1 is 1.30 bits per heavy atom. The number of fused-ring (bicyclic) bond motifs is 1. The van der Waals surface area contributed by atoms with Gasteiger partial charge in [0.2, 0.25) is 0 Å². The molecule has 0 saturated carbocycles. The minimum atomic E-state index is -0.305. The smallest absolute Gasteiger partial charge is 0.320 e. The number of pyridine rings is 1. The number of carbonyl (C=O) groups is 1. The van der Waals surface area contributed by atoms with Gasteiger partial charge in [0.1, 0.15) is 0 Å². The van der Waals surface area contributed by atoms with E-state index in [1.54, 1.807) is 14.0 Å². The first-order valence-corrected chi connectivity index (χ1v) is 7.62. The highest BCUT2D eigenvalue weighted by molar-refractivity contribution is 5.78. The van der Waals surface area contributed by atoms with Gasteiger partial charge in [0.15, 0.2) is 0 Å². The van der Waals surface area contributed by atoms with E-state index in [1.807, 2.05) is 35.2 Å². The predicted molar refractivity (Wildman–Crippen MR) is 88.4 cm³/mol. The van der Waals surface area contributed by atoms with Crippen LogP contribution in [0.1, 0.15) is 12.5 Å². The number of ether oxygens (including phenoxy) is 2. The quantitative estimate of drug-likeness (QED) is 0.748. The van der Waals surface area contributed by atoms with E-state index >= 15 is 0 Å². The summed E-state index contributed by atoms with van der Waals surface area (Å²) in [7, 11) is 1.60. The second-order valence-corrected chi connectivity index (χ2v) is 5.22. The van der Waals surface area contributed by atoms with E-state index in [0.717, 1.165) is 10.9 Å². The molecule has 0 aliphatic carbocycles. The van der Waals surface area contributed by atoms with Crippen LogP contribution in [0, 0.1) is 0 Å². The molecule has 0 aliphatic heterocycles. The van der Waals surface area contributed by atoms with E-state index in [-0.39, 0.29) is 18.1 Å². The molecule has 0 bridgehead atoms. The van der Waals surface area contributed by atoms with E-state index in [0.29, 0.717) is 31.9 Å². The number of nitrogens with one attached hydrogen (secondary N) is 1. The third-order valence-corrected chi connectivity index (χ3v) is 3.49. The molecule has 0 saturated heterocycles. The van der Waals surface area contributed by atoms with Crippen LogP contribution in [0.3, 0.4) is 0 Å². The van der Waals surface area contributed by atoms with Crippen molar-refractivity contribution in [2.24, 2.45) is 0 Å². The molecular weight excluding hydrogens is 296 g/mol. The van der Waals surface area contributed by atoms with Crippen LogP contribution >= 0.6 is 0 Å². The molecule has 0 unspecified atom stereocenters. The minimum absolute atomic E-state index is 0.128. The zero-order valence-corrected chi connectivity index (χ0v) is 13.5.